The van der Waals surface area contributed by atoms with Crippen molar-refractivity contribution in [2.24, 2.45) is 0 Å². The fraction of sp³-hybridized carbons (Fsp3) is 0.480. The molecule has 7 nitrogen and oxygen atoms in total. The Bertz CT molecular complexity index is 971. The van der Waals surface area contributed by atoms with Crippen LogP contribution in [0.3, 0.4) is 0 Å². The van der Waals surface area contributed by atoms with Crippen LogP contribution in [0.25, 0.3) is 0 Å². The summed E-state index contributed by atoms with van der Waals surface area (Å²) in [4.78, 5) is 41.9. The van der Waals surface area contributed by atoms with Gasteiger partial charge in [-0.15, -0.1) is 11.3 Å². The first-order valence-corrected chi connectivity index (χ1v) is 12.7. The zero-order valence-corrected chi connectivity index (χ0v) is 19.8. The van der Waals surface area contributed by atoms with Gasteiger partial charge < -0.3 is 20.3 Å². The molecule has 0 bridgehead atoms. The van der Waals surface area contributed by atoms with Crippen molar-refractivity contribution in [3.05, 3.63) is 58.0 Å². The lowest BCUT2D eigenvalue weighted by molar-refractivity contribution is -0.151. The van der Waals surface area contributed by atoms with Crippen molar-refractivity contribution in [3.8, 4) is 0 Å². The number of thiophene rings is 1. The van der Waals surface area contributed by atoms with Gasteiger partial charge in [0.15, 0.2) is 0 Å². The van der Waals surface area contributed by atoms with Crippen LogP contribution in [0.2, 0.25) is 0 Å². The molecule has 1 aromatic carbocycles. The number of hydrogen-bond acceptors (Lipinski definition) is 5. The minimum Gasteiger partial charge on any atom is -0.376 e. The zero-order valence-electron chi connectivity index (χ0n) is 19.0. The van der Waals surface area contributed by atoms with E-state index in [2.05, 4.69) is 10.6 Å². The minimum absolute atomic E-state index is 0.0300. The molecule has 2 heterocycles. The lowest BCUT2D eigenvalue weighted by atomic mass is 10.0. The van der Waals surface area contributed by atoms with E-state index < -0.39 is 29.6 Å². The van der Waals surface area contributed by atoms with Crippen molar-refractivity contribution in [2.75, 3.05) is 13.2 Å². The Balaban J connectivity index is 1.61. The molecule has 3 amide bonds. The van der Waals surface area contributed by atoms with Crippen LogP contribution in [-0.2, 0) is 25.7 Å². The molecule has 1 aliphatic heterocycles. The third-order valence-electron chi connectivity index (χ3n) is 6.33. The number of ether oxygens (including phenoxy) is 1. The summed E-state index contributed by atoms with van der Waals surface area (Å²) in [6.07, 6.45) is 5.42. The summed E-state index contributed by atoms with van der Waals surface area (Å²) in [5, 5.41) is 7.59. The van der Waals surface area contributed by atoms with Crippen molar-refractivity contribution < 1.29 is 23.5 Å². The Morgan fingerprint density at radius 2 is 1.85 bits per heavy atom. The summed E-state index contributed by atoms with van der Waals surface area (Å²) in [7, 11) is 0. The van der Waals surface area contributed by atoms with Crippen LogP contribution >= 0.6 is 11.3 Å². The molecule has 0 spiro atoms. The number of halogens is 1. The van der Waals surface area contributed by atoms with E-state index in [4.69, 9.17) is 4.74 Å². The lowest BCUT2D eigenvalue weighted by Crippen LogP contribution is -2.50. The number of nitrogens with one attached hydrogen (secondary N) is 2. The molecule has 34 heavy (non-hydrogen) atoms. The van der Waals surface area contributed by atoms with Gasteiger partial charge >= 0.3 is 11.8 Å². The largest absolute Gasteiger partial charge is 0.376 e. The third-order valence-corrected chi connectivity index (χ3v) is 7.19. The molecule has 4 rings (SSSR count). The number of hydrogen-bond donors (Lipinski definition) is 2. The SMILES string of the molecule is O=C(NC1CCCC1)C(=O)N(Cc1cccs1)C(C(=O)NCC1CCCO1)c1ccc(F)cc1. The second-order valence-electron chi connectivity index (χ2n) is 8.80. The third kappa shape index (κ3) is 6.21. The van der Waals surface area contributed by atoms with E-state index in [1.54, 1.807) is 0 Å². The van der Waals surface area contributed by atoms with Gasteiger partial charge in [-0.3, -0.25) is 14.4 Å². The molecule has 182 valence electrons. The normalized spacial score (nSPS) is 19.0. The number of benzene rings is 1. The van der Waals surface area contributed by atoms with Crippen LogP contribution in [-0.4, -0.2) is 47.9 Å². The monoisotopic (exact) mass is 487 g/mol. The first kappa shape index (κ1) is 24.3. The van der Waals surface area contributed by atoms with Crippen molar-refractivity contribution in [1.29, 1.82) is 0 Å². The average molecular weight is 488 g/mol. The van der Waals surface area contributed by atoms with Crippen LogP contribution < -0.4 is 10.6 Å². The fourth-order valence-electron chi connectivity index (χ4n) is 4.53. The summed E-state index contributed by atoms with van der Waals surface area (Å²) in [6, 6.07) is 8.05. The molecular weight excluding hydrogens is 457 g/mol. The first-order valence-electron chi connectivity index (χ1n) is 11.8. The summed E-state index contributed by atoms with van der Waals surface area (Å²) < 4.78 is 19.3. The molecule has 1 saturated heterocycles. The van der Waals surface area contributed by atoms with Crippen molar-refractivity contribution in [1.82, 2.24) is 15.5 Å². The highest BCUT2D eigenvalue weighted by molar-refractivity contribution is 7.09. The van der Waals surface area contributed by atoms with Crippen molar-refractivity contribution >= 4 is 29.1 Å². The second-order valence-corrected chi connectivity index (χ2v) is 9.83. The topological polar surface area (TPSA) is 87.7 Å². The molecule has 2 aliphatic rings. The summed E-state index contributed by atoms with van der Waals surface area (Å²) in [5.74, 6) is -2.37. The van der Waals surface area contributed by atoms with E-state index >= 15 is 0 Å². The molecule has 2 atom stereocenters. The van der Waals surface area contributed by atoms with Gasteiger partial charge in [0.05, 0.1) is 12.6 Å². The maximum absolute atomic E-state index is 13.7. The van der Waals surface area contributed by atoms with Crippen LogP contribution in [0, 0.1) is 5.82 Å². The van der Waals surface area contributed by atoms with Gasteiger partial charge in [-0.25, -0.2) is 4.39 Å². The summed E-state index contributed by atoms with van der Waals surface area (Å²) in [5.41, 5.74) is 0.435. The van der Waals surface area contributed by atoms with Crippen LogP contribution in [0.5, 0.6) is 0 Å². The maximum Gasteiger partial charge on any atom is 0.313 e. The zero-order chi connectivity index (χ0) is 23.9. The van der Waals surface area contributed by atoms with Gasteiger partial charge in [-0.1, -0.05) is 31.0 Å². The predicted octanol–water partition coefficient (Wildman–Crippen LogP) is 3.31. The Morgan fingerprint density at radius 3 is 2.50 bits per heavy atom. The molecule has 0 radical (unpaired) electrons. The molecular formula is C25H30FN3O4S. The van der Waals surface area contributed by atoms with Gasteiger partial charge in [-0.05, 0) is 54.8 Å². The highest BCUT2D eigenvalue weighted by Crippen LogP contribution is 2.26. The summed E-state index contributed by atoms with van der Waals surface area (Å²) >= 11 is 1.44. The van der Waals surface area contributed by atoms with Crippen LogP contribution in [0.4, 0.5) is 4.39 Å². The molecule has 9 heteroatoms. The average Bonchev–Trinajstić information content (AvgIpc) is 3.62. The Morgan fingerprint density at radius 1 is 1.09 bits per heavy atom. The molecule has 2 N–H and O–H groups in total. The number of rotatable bonds is 8. The summed E-state index contributed by atoms with van der Waals surface area (Å²) in [6.45, 7) is 1.06. The number of nitrogens with zero attached hydrogens (tertiary/aromatic N) is 1. The highest BCUT2D eigenvalue weighted by Gasteiger charge is 2.36. The van der Waals surface area contributed by atoms with Crippen molar-refractivity contribution in [3.63, 3.8) is 0 Å². The van der Waals surface area contributed by atoms with E-state index in [1.165, 1.54) is 40.5 Å². The van der Waals surface area contributed by atoms with E-state index in [-0.39, 0.29) is 18.7 Å². The first-order chi connectivity index (χ1) is 16.5. The number of amides is 3. The van der Waals surface area contributed by atoms with Gasteiger partial charge in [0, 0.05) is 24.1 Å². The van der Waals surface area contributed by atoms with E-state index in [1.807, 2.05) is 17.5 Å². The molecule has 1 aliphatic carbocycles. The van der Waals surface area contributed by atoms with E-state index in [9.17, 15) is 18.8 Å². The van der Waals surface area contributed by atoms with Gasteiger partial charge in [0.25, 0.3) is 0 Å². The van der Waals surface area contributed by atoms with Crippen molar-refractivity contribution in [2.45, 2.75) is 63.3 Å². The molecule has 1 saturated carbocycles. The maximum atomic E-state index is 13.7. The Labute approximate surface area is 202 Å². The minimum atomic E-state index is -1.09. The number of carbonyl (C=O) groups excluding carboxylic acids is 3. The lowest BCUT2D eigenvalue weighted by Gasteiger charge is -2.31. The standard InChI is InChI=1S/C25H30FN3O4S/c26-18-11-9-17(10-12-18)22(23(30)27-15-20-7-3-13-33-20)29(16-21-8-4-14-34-21)25(32)24(31)28-19-5-1-2-6-19/h4,8-12,14,19-20,22H,1-3,5-7,13,15-16H2,(H,27,30)(H,28,31). The Kier molecular flexibility index (Phi) is 8.29. The highest BCUT2D eigenvalue weighted by atomic mass is 32.1. The predicted molar refractivity (Wildman–Crippen MR) is 126 cm³/mol. The van der Waals surface area contributed by atoms with Crippen LogP contribution in [0.1, 0.15) is 55.0 Å². The quantitative estimate of drug-likeness (QED) is 0.560. The number of carbonyl (C=O) groups is 3. The molecule has 1 aromatic heterocycles. The molecule has 2 unspecified atom stereocenters. The Hall–Kier alpha value is -2.78. The fourth-order valence-corrected chi connectivity index (χ4v) is 5.24. The van der Waals surface area contributed by atoms with Gasteiger partial charge in [-0.2, -0.15) is 0 Å². The van der Waals surface area contributed by atoms with Gasteiger partial charge in [0.1, 0.15) is 11.9 Å². The molecule has 2 fully saturated rings. The van der Waals surface area contributed by atoms with E-state index in [0.717, 1.165) is 43.4 Å². The van der Waals surface area contributed by atoms with E-state index in [0.29, 0.717) is 18.7 Å². The second kappa shape index (κ2) is 11.6. The van der Waals surface area contributed by atoms with Gasteiger partial charge in [0.2, 0.25) is 5.91 Å². The smallest absolute Gasteiger partial charge is 0.313 e. The molecule has 2 aromatic rings. The van der Waals surface area contributed by atoms with Crippen LogP contribution in [0.15, 0.2) is 41.8 Å².